The first-order chi connectivity index (χ1) is 36.2. The van der Waals surface area contributed by atoms with Crippen molar-refractivity contribution in [1.29, 1.82) is 0 Å². The molecule has 3 atom stereocenters. The Morgan fingerprint density at radius 3 is 1.15 bits per heavy atom. The smallest absolute Gasteiger partial charge is 0.461 e. The Morgan fingerprint density at radius 1 is 0.405 bits per heavy atom. The predicted octanol–water partition coefficient (Wildman–Crippen LogP) is 17.3. The quantitative estimate of drug-likeness (QED) is 0.0197. The van der Waals surface area contributed by atoms with Gasteiger partial charge in [-0.05, 0) is 77.0 Å². The normalized spacial score (nSPS) is 14.1. The van der Waals surface area contributed by atoms with Crippen molar-refractivity contribution in [2.75, 3.05) is 26.4 Å². The molecule has 0 aliphatic heterocycles. The molecule has 0 radical (unpaired) electrons. The van der Waals surface area contributed by atoms with Crippen LogP contribution < -0.4 is 0 Å². The minimum atomic E-state index is -4.77. The third kappa shape index (κ3) is 53.2. The zero-order valence-corrected chi connectivity index (χ0v) is 47.7. The van der Waals surface area contributed by atoms with E-state index >= 15 is 0 Å². The standard InChI is InChI=1S/C62H105O11P/c1-4-7-10-13-16-19-22-25-28-29-32-35-38-41-44-47-50-53-62(66)73-59(55-69-60(64)51-48-45-42-39-36-33-30-26-23-20-17-14-11-8-5-2)57-71-74(67,68)70-56-58(54-63)72-61(65)52-49-46-43-40-37-34-31-27-24-21-18-15-12-9-6-3/h7-8,10-11,16-17,19-20,25-26,28,30,36,39,45,48,58-59,63H,4-6,9,12-15,18,21-24,27,29,31-35,37-38,40-44,46-47,49-57H2,1-3H3,(H,67,68)/b10-7-,11-8-,19-16-,20-17-,28-25-,30-26-,39-36-,48-45-. The molecule has 0 aliphatic rings. The molecule has 3 unspecified atom stereocenters. The number of ether oxygens (including phenoxy) is 3. The average Bonchev–Trinajstić information content (AvgIpc) is 3.39. The van der Waals surface area contributed by atoms with Crippen LogP contribution in [0.4, 0.5) is 0 Å². The Labute approximate surface area is 451 Å². The van der Waals surface area contributed by atoms with Gasteiger partial charge in [-0.25, -0.2) is 4.57 Å². The van der Waals surface area contributed by atoms with Crippen molar-refractivity contribution in [3.63, 3.8) is 0 Å². The van der Waals surface area contributed by atoms with Crippen LogP contribution in [0.1, 0.15) is 239 Å². The minimum Gasteiger partial charge on any atom is -0.461 e. The van der Waals surface area contributed by atoms with Gasteiger partial charge in [0, 0.05) is 12.8 Å². The van der Waals surface area contributed by atoms with Crippen LogP contribution >= 0.6 is 7.82 Å². The first-order valence-electron chi connectivity index (χ1n) is 29.1. The topological polar surface area (TPSA) is 155 Å². The molecule has 0 spiro atoms. The summed E-state index contributed by atoms with van der Waals surface area (Å²) in [6.45, 7) is 4.31. The van der Waals surface area contributed by atoms with Gasteiger partial charge in [-0.1, -0.05) is 240 Å². The van der Waals surface area contributed by atoms with Crippen molar-refractivity contribution in [2.24, 2.45) is 0 Å². The molecule has 0 aromatic rings. The lowest BCUT2D eigenvalue weighted by Gasteiger charge is -2.21. The SMILES string of the molecule is CC/C=C\C/C=C\C/C=C\C/C=C\C/C=C\CC(=O)OCC(COP(=O)(O)OCC(CO)OC(=O)CCCCCCCCCCCCCCCCC)OC(=O)CCCCCCCCC/C=C\C/C=C\C/C=C\CC. The molecule has 2 N–H and O–H groups in total. The number of esters is 3. The van der Waals surface area contributed by atoms with Gasteiger partial charge in [-0.15, -0.1) is 0 Å². The number of aliphatic hydroxyl groups is 1. The molecule has 424 valence electrons. The van der Waals surface area contributed by atoms with Crippen LogP contribution in [0.2, 0.25) is 0 Å². The lowest BCUT2D eigenvalue weighted by molar-refractivity contribution is -0.161. The number of hydrogen-bond acceptors (Lipinski definition) is 10. The zero-order valence-electron chi connectivity index (χ0n) is 46.8. The van der Waals surface area contributed by atoms with Crippen LogP contribution in [-0.4, -0.2) is 66.5 Å². The lowest BCUT2D eigenvalue weighted by atomic mass is 10.0. The molecule has 0 saturated carbocycles. The summed E-state index contributed by atoms with van der Waals surface area (Å²) in [7, 11) is -4.77. The average molecular weight is 1060 g/mol. The highest BCUT2D eigenvalue weighted by Crippen LogP contribution is 2.43. The summed E-state index contributed by atoms with van der Waals surface area (Å²) < 4.78 is 39.4. The Morgan fingerprint density at radius 2 is 0.743 bits per heavy atom. The van der Waals surface area contributed by atoms with Gasteiger partial charge in [-0.2, -0.15) is 0 Å². The Balaban J connectivity index is 4.82. The van der Waals surface area contributed by atoms with Gasteiger partial charge >= 0.3 is 25.7 Å². The Bertz CT molecular complexity index is 1610. The van der Waals surface area contributed by atoms with E-state index in [-0.39, 0.29) is 19.3 Å². The molecular weight excluding hydrogens is 952 g/mol. The van der Waals surface area contributed by atoms with E-state index in [1.165, 1.54) is 70.6 Å². The Hall–Kier alpha value is -3.60. The monoisotopic (exact) mass is 1060 g/mol. The van der Waals surface area contributed by atoms with E-state index in [1.54, 1.807) is 6.08 Å². The maximum Gasteiger partial charge on any atom is 0.472 e. The van der Waals surface area contributed by atoms with E-state index < -0.39 is 64.4 Å². The van der Waals surface area contributed by atoms with Crippen molar-refractivity contribution < 1.29 is 52.2 Å². The highest BCUT2D eigenvalue weighted by atomic mass is 31.2. The summed E-state index contributed by atoms with van der Waals surface area (Å²) in [5.74, 6) is -1.63. The van der Waals surface area contributed by atoms with Crippen LogP contribution in [0.15, 0.2) is 97.2 Å². The first kappa shape index (κ1) is 70.4. The molecule has 0 bridgehead atoms. The summed E-state index contributed by atoms with van der Waals surface area (Å²) in [5, 5.41) is 9.82. The van der Waals surface area contributed by atoms with Gasteiger partial charge in [0.15, 0.2) is 6.10 Å². The van der Waals surface area contributed by atoms with Gasteiger partial charge in [0.2, 0.25) is 0 Å². The summed E-state index contributed by atoms with van der Waals surface area (Å²) in [5.41, 5.74) is 0. The lowest BCUT2D eigenvalue weighted by Crippen LogP contribution is -2.30. The fraction of sp³-hybridized carbons (Fsp3) is 0.694. The van der Waals surface area contributed by atoms with Crippen molar-refractivity contribution >= 4 is 25.7 Å². The van der Waals surface area contributed by atoms with Crippen molar-refractivity contribution in [3.05, 3.63) is 97.2 Å². The van der Waals surface area contributed by atoms with Crippen LogP contribution in [0, 0.1) is 0 Å². The third-order valence-electron chi connectivity index (χ3n) is 12.0. The van der Waals surface area contributed by atoms with Crippen molar-refractivity contribution in [2.45, 2.75) is 251 Å². The molecule has 0 saturated heterocycles. The number of carbonyl (C=O) groups excluding carboxylic acids is 3. The molecule has 0 aliphatic carbocycles. The number of phosphoric acid groups is 1. The van der Waals surface area contributed by atoms with Gasteiger partial charge in [0.1, 0.15) is 12.7 Å². The summed E-state index contributed by atoms with van der Waals surface area (Å²) >= 11 is 0. The molecule has 0 aromatic heterocycles. The molecule has 0 fully saturated rings. The molecule has 0 heterocycles. The predicted molar refractivity (Wildman–Crippen MR) is 307 cm³/mol. The van der Waals surface area contributed by atoms with Crippen molar-refractivity contribution in [3.8, 4) is 0 Å². The van der Waals surface area contributed by atoms with Crippen molar-refractivity contribution in [1.82, 2.24) is 0 Å². The number of aliphatic hydroxyl groups excluding tert-OH is 1. The molecule has 0 rings (SSSR count). The largest absolute Gasteiger partial charge is 0.472 e. The maximum absolute atomic E-state index is 12.9. The van der Waals surface area contributed by atoms with E-state index in [2.05, 4.69) is 99.8 Å². The number of allylic oxidation sites excluding steroid dienone is 15. The molecule has 12 heteroatoms. The number of phosphoric ester groups is 1. The fourth-order valence-corrected chi connectivity index (χ4v) is 8.46. The summed E-state index contributed by atoms with van der Waals surface area (Å²) in [4.78, 5) is 48.5. The highest BCUT2D eigenvalue weighted by molar-refractivity contribution is 7.47. The first-order valence-corrected chi connectivity index (χ1v) is 30.6. The third-order valence-corrected chi connectivity index (χ3v) is 13.0. The van der Waals surface area contributed by atoms with E-state index in [9.17, 15) is 28.9 Å². The second-order valence-corrected chi connectivity index (χ2v) is 20.5. The van der Waals surface area contributed by atoms with E-state index in [0.29, 0.717) is 19.3 Å². The number of carbonyl (C=O) groups is 3. The molecule has 74 heavy (non-hydrogen) atoms. The molecule has 0 aromatic carbocycles. The maximum atomic E-state index is 12.9. The van der Waals surface area contributed by atoms with E-state index in [0.717, 1.165) is 109 Å². The van der Waals surface area contributed by atoms with E-state index in [1.807, 2.05) is 12.2 Å². The fourth-order valence-electron chi connectivity index (χ4n) is 7.68. The number of rotatable bonds is 53. The van der Waals surface area contributed by atoms with Crippen LogP contribution in [0.5, 0.6) is 0 Å². The van der Waals surface area contributed by atoms with E-state index in [4.69, 9.17) is 23.3 Å². The zero-order chi connectivity index (χ0) is 54.1. The second-order valence-electron chi connectivity index (χ2n) is 19.1. The molecule has 0 amide bonds. The van der Waals surface area contributed by atoms with Gasteiger partial charge in [0.05, 0.1) is 26.2 Å². The number of unbranched alkanes of at least 4 members (excludes halogenated alkanes) is 21. The second kappa shape index (κ2) is 55.6. The van der Waals surface area contributed by atoms with Gasteiger partial charge < -0.3 is 24.2 Å². The van der Waals surface area contributed by atoms with Crippen LogP contribution in [0.3, 0.4) is 0 Å². The summed E-state index contributed by atoms with van der Waals surface area (Å²) in [6, 6.07) is 0. The highest BCUT2D eigenvalue weighted by Gasteiger charge is 2.28. The number of hydrogen-bond donors (Lipinski definition) is 2. The van der Waals surface area contributed by atoms with Crippen LogP contribution in [-0.2, 0) is 42.2 Å². The van der Waals surface area contributed by atoms with Gasteiger partial charge in [-0.3, -0.25) is 23.4 Å². The van der Waals surface area contributed by atoms with Gasteiger partial charge in [0.25, 0.3) is 0 Å². The molecular formula is C62H105O11P. The molecule has 11 nitrogen and oxygen atoms in total. The minimum absolute atomic E-state index is 0.0108. The van der Waals surface area contributed by atoms with Crippen LogP contribution in [0.25, 0.3) is 0 Å². The summed E-state index contributed by atoms with van der Waals surface area (Å²) in [6.07, 6.45) is 65.3. The Kier molecular flexibility index (Phi) is 52.9.